The third-order valence-corrected chi connectivity index (χ3v) is 9.02. The van der Waals surface area contributed by atoms with E-state index >= 15 is 0 Å². The van der Waals surface area contributed by atoms with Crippen molar-refractivity contribution in [3.05, 3.63) is 17.0 Å². The van der Waals surface area contributed by atoms with Crippen molar-refractivity contribution in [3.63, 3.8) is 0 Å². The van der Waals surface area contributed by atoms with Gasteiger partial charge in [0.2, 0.25) is 0 Å². The second kappa shape index (κ2) is 6.88. The second-order valence-corrected chi connectivity index (χ2v) is 10.8. The zero-order valence-electron chi connectivity index (χ0n) is 18.0. The van der Waals surface area contributed by atoms with Gasteiger partial charge in [-0.1, -0.05) is 40.0 Å². The highest BCUT2D eigenvalue weighted by Crippen LogP contribution is 2.61. The Morgan fingerprint density at radius 2 is 1.82 bits per heavy atom. The smallest absolute Gasteiger partial charge is 0.272 e. The summed E-state index contributed by atoms with van der Waals surface area (Å²) in [6.07, 6.45) is 13.5. The number of fused-ring (bicyclic) bond motifs is 3. The van der Waals surface area contributed by atoms with Gasteiger partial charge >= 0.3 is 0 Å². The number of carbonyl (C=O) groups is 1. The van der Waals surface area contributed by atoms with Crippen molar-refractivity contribution in [1.82, 2.24) is 15.1 Å². The fraction of sp³-hybridized carbons (Fsp3) is 0.833. The van der Waals surface area contributed by atoms with Crippen LogP contribution in [0.15, 0.2) is 0 Å². The number of hydrogen-bond donors (Lipinski definition) is 1. The summed E-state index contributed by atoms with van der Waals surface area (Å²) in [4.78, 5) is 13.3. The van der Waals surface area contributed by atoms with E-state index in [0.29, 0.717) is 23.4 Å². The summed E-state index contributed by atoms with van der Waals surface area (Å²) < 4.78 is 2.29. The first-order chi connectivity index (χ1) is 13.5. The van der Waals surface area contributed by atoms with Crippen LogP contribution in [-0.4, -0.2) is 21.7 Å². The Labute approximate surface area is 169 Å². The minimum absolute atomic E-state index is 0.101. The summed E-state index contributed by atoms with van der Waals surface area (Å²) in [7, 11) is 0. The molecule has 0 saturated heterocycles. The fourth-order valence-corrected chi connectivity index (χ4v) is 7.01. The number of amides is 1. The summed E-state index contributed by atoms with van der Waals surface area (Å²) in [5, 5.41) is 8.40. The molecule has 1 aromatic rings. The van der Waals surface area contributed by atoms with Crippen molar-refractivity contribution in [2.75, 3.05) is 0 Å². The highest BCUT2D eigenvalue weighted by Gasteiger charge is 2.56. The Balaban J connectivity index is 1.37. The third-order valence-electron chi connectivity index (χ3n) is 9.02. The Bertz CT molecular complexity index is 758. The lowest BCUT2D eigenvalue weighted by Gasteiger charge is -2.62. The first-order valence-electron chi connectivity index (χ1n) is 11.9. The minimum Gasteiger partial charge on any atom is -0.348 e. The van der Waals surface area contributed by atoms with Gasteiger partial charge in [0.25, 0.3) is 5.91 Å². The topological polar surface area (TPSA) is 46.9 Å². The van der Waals surface area contributed by atoms with Crippen LogP contribution in [-0.2, 0) is 12.8 Å². The Hall–Kier alpha value is -1.32. The summed E-state index contributed by atoms with van der Waals surface area (Å²) >= 11 is 0. The standard InChI is InChI=1S/C24H37N3O/c1-15-19-13-16(24(19,2)3)14-20(15)25-23(28)22-18-11-7-8-12-21(18)27(26-22)17-9-5-4-6-10-17/h15-17,19-20H,4-14H2,1-3H3,(H,25,28)/t15-,16+,19-,20?/m1/s1. The normalized spacial score (nSPS) is 34.4. The van der Waals surface area contributed by atoms with E-state index in [1.54, 1.807) is 0 Å². The van der Waals surface area contributed by atoms with Crippen molar-refractivity contribution < 1.29 is 4.79 Å². The van der Waals surface area contributed by atoms with E-state index in [9.17, 15) is 4.79 Å². The largest absolute Gasteiger partial charge is 0.348 e. The van der Waals surface area contributed by atoms with Crippen LogP contribution in [0, 0.1) is 23.2 Å². The molecule has 6 rings (SSSR count). The second-order valence-electron chi connectivity index (χ2n) is 10.8. The van der Waals surface area contributed by atoms with Gasteiger partial charge in [-0.05, 0) is 74.5 Å². The number of nitrogens with one attached hydrogen (secondary N) is 1. The quantitative estimate of drug-likeness (QED) is 0.792. The van der Waals surface area contributed by atoms with E-state index in [4.69, 9.17) is 5.10 Å². The van der Waals surface area contributed by atoms with Gasteiger partial charge in [-0.3, -0.25) is 9.48 Å². The van der Waals surface area contributed by atoms with Gasteiger partial charge in [-0.2, -0.15) is 5.10 Å². The molecule has 4 fully saturated rings. The van der Waals surface area contributed by atoms with Gasteiger partial charge in [-0.25, -0.2) is 0 Å². The lowest BCUT2D eigenvalue weighted by molar-refractivity contribution is -0.113. The molecule has 1 aromatic heterocycles. The predicted octanol–water partition coefficient (Wildman–Crippen LogP) is 5.07. The third kappa shape index (κ3) is 2.85. The van der Waals surface area contributed by atoms with Crippen molar-refractivity contribution in [2.45, 2.75) is 103 Å². The zero-order valence-corrected chi connectivity index (χ0v) is 18.0. The highest BCUT2D eigenvalue weighted by atomic mass is 16.2. The zero-order chi connectivity index (χ0) is 19.5. The van der Waals surface area contributed by atoms with E-state index < -0.39 is 0 Å². The first kappa shape index (κ1) is 18.7. The van der Waals surface area contributed by atoms with E-state index in [0.717, 1.165) is 36.8 Å². The first-order valence-corrected chi connectivity index (χ1v) is 11.9. The van der Waals surface area contributed by atoms with Crippen LogP contribution in [0.1, 0.15) is 106 Å². The Kier molecular flexibility index (Phi) is 4.59. The van der Waals surface area contributed by atoms with Gasteiger partial charge in [0.05, 0.1) is 6.04 Å². The highest BCUT2D eigenvalue weighted by molar-refractivity contribution is 5.94. The van der Waals surface area contributed by atoms with Gasteiger partial charge in [0.15, 0.2) is 5.69 Å². The molecule has 1 N–H and O–H groups in total. The SMILES string of the molecule is C[C@H]1C(NC(=O)c2nn(C3CCCCC3)c3c2CCCC3)C[C@@H]2C[C@H]1C2(C)C. The Morgan fingerprint density at radius 3 is 2.54 bits per heavy atom. The molecular formula is C24H37N3O. The molecule has 5 aliphatic rings. The van der Waals surface area contributed by atoms with Crippen molar-refractivity contribution >= 4 is 5.91 Å². The lowest BCUT2D eigenvalue weighted by Crippen LogP contribution is -2.60. The van der Waals surface area contributed by atoms with E-state index in [2.05, 4.69) is 30.8 Å². The lowest BCUT2D eigenvalue weighted by atomic mass is 9.45. The molecule has 4 saturated carbocycles. The molecule has 4 nitrogen and oxygen atoms in total. The predicted molar refractivity (Wildman–Crippen MR) is 111 cm³/mol. The maximum absolute atomic E-state index is 13.3. The summed E-state index contributed by atoms with van der Waals surface area (Å²) in [5.41, 5.74) is 3.86. The minimum atomic E-state index is 0.101. The maximum atomic E-state index is 13.3. The molecule has 28 heavy (non-hydrogen) atoms. The molecular weight excluding hydrogens is 346 g/mol. The molecule has 5 aliphatic carbocycles. The molecule has 0 spiro atoms. The average Bonchev–Trinajstić information content (AvgIpc) is 3.09. The van der Waals surface area contributed by atoms with Crippen LogP contribution >= 0.6 is 0 Å². The van der Waals surface area contributed by atoms with Crippen LogP contribution in [0.25, 0.3) is 0 Å². The van der Waals surface area contributed by atoms with Gasteiger partial charge in [0.1, 0.15) is 0 Å². The van der Waals surface area contributed by atoms with Crippen molar-refractivity contribution in [3.8, 4) is 0 Å². The fourth-order valence-electron chi connectivity index (χ4n) is 7.01. The molecule has 0 aliphatic heterocycles. The van der Waals surface area contributed by atoms with Crippen molar-refractivity contribution in [1.29, 1.82) is 0 Å². The molecule has 1 amide bonds. The number of nitrogens with zero attached hydrogens (tertiary/aromatic N) is 2. The van der Waals surface area contributed by atoms with E-state index in [-0.39, 0.29) is 5.91 Å². The molecule has 1 heterocycles. The number of carbonyl (C=O) groups excluding carboxylic acids is 1. The molecule has 1 unspecified atom stereocenters. The number of hydrogen-bond acceptors (Lipinski definition) is 2. The molecule has 4 heteroatoms. The van der Waals surface area contributed by atoms with Crippen LogP contribution in [0.4, 0.5) is 0 Å². The van der Waals surface area contributed by atoms with Crippen LogP contribution in [0.3, 0.4) is 0 Å². The summed E-state index contributed by atoms with van der Waals surface area (Å²) in [6.45, 7) is 7.19. The maximum Gasteiger partial charge on any atom is 0.272 e. The summed E-state index contributed by atoms with van der Waals surface area (Å²) in [6, 6.07) is 0.840. The molecule has 2 bridgehead atoms. The molecule has 0 radical (unpaired) electrons. The summed E-state index contributed by atoms with van der Waals surface area (Å²) in [5.74, 6) is 2.20. The van der Waals surface area contributed by atoms with Crippen LogP contribution in [0.2, 0.25) is 0 Å². The van der Waals surface area contributed by atoms with Gasteiger partial charge in [-0.15, -0.1) is 0 Å². The molecule has 0 aromatic carbocycles. The number of aromatic nitrogens is 2. The van der Waals surface area contributed by atoms with Crippen LogP contribution in [0.5, 0.6) is 0 Å². The van der Waals surface area contributed by atoms with Gasteiger partial charge in [0, 0.05) is 17.3 Å². The van der Waals surface area contributed by atoms with Crippen molar-refractivity contribution in [2.24, 2.45) is 23.2 Å². The van der Waals surface area contributed by atoms with Crippen LogP contribution < -0.4 is 5.32 Å². The molecule has 154 valence electrons. The number of rotatable bonds is 3. The van der Waals surface area contributed by atoms with E-state index in [1.807, 2.05) is 0 Å². The Morgan fingerprint density at radius 1 is 1.07 bits per heavy atom. The molecule has 4 atom stereocenters. The monoisotopic (exact) mass is 383 g/mol. The average molecular weight is 384 g/mol. The van der Waals surface area contributed by atoms with E-state index in [1.165, 1.54) is 62.6 Å². The van der Waals surface area contributed by atoms with Gasteiger partial charge < -0.3 is 5.32 Å².